The van der Waals surface area contributed by atoms with Crippen LogP contribution in [0.15, 0.2) is 85.3 Å². The van der Waals surface area contributed by atoms with E-state index in [1.165, 1.54) is 6.08 Å². The zero-order chi connectivity index (χ0) is 29.8. The fourth-order valence-corrected chi connectivity index (χ4v) is 4.60. The number of nitrogens with one attached hydrogen (secondary N) is 1. The first-order valence-corrected chi connectivity index (χ1v) is 13.3. The number of ether oxygens (including phenoxy) is 1. The Hall–Kier alpha value is -5.35. The number of aromatic nitrogens is 4. The van der Waals surface area contributed by atoms with E-state index in [4.69, 9.17) is 10.5 Å². The second-order valence-electron chi connectivity index (χ2n) is 10.1. The number of fused-ring (bicyclic) bond motifs is 1. The normalized spacial score (nSPS) is 11.4. The molecular formula is C32H31N7O3. The Labute approximate surface area is 243 Å². The number of carbonyl (C=O) groups excluding carboxylic acids is 2. The van der Waals surface area contributed by atoms with Gasteiger partial charge in [0.05, 0.1) is 28.7 Å². The van der Waals surface area contributed by atoms with E-state index in [1.807, 2.05) is 79.8 Å². The summed E-state index contributed by atoms with van der Waals surface area (Å²) in [5.41, 5.74) is 12.1. The van der Waals surface area contributed by atoms with Crippen LogP contribution in [-0.2, 0) is 4.79 Å². The Kier molecular flexibility index (Phi) is 8.07. The highest BCUT2D eigenvalue weighted by Crippen LogP contribution is 2.40. The second kappa shape index (κ2) is 12.0. The van der Waals surface area contributed by atoms with Gasteiger partial charge in [0.1, 0.15) is 5.75 Å². The van der Waals surface area contributed by atoms with Crippen molar-refractivity contribution in [3.05, 3.63) is 102 Å². The lowest BCUT2D eigenvalue weighted by atomic mass is 9.96. The van der Waals surface area contributed by atoms with Gasteiger partial charge in [0, 0.05) is 42.0 Å². The first kappa shape index (κ1) is 28.2. The maximum Gasteiger partial charge on any atom is 0.322 e. The third-order valence-electron chi connectivity index (χ3n) is 6.49. The summed E-state index contributed by atoms with van der Waals surface area (Å²) in [6, 6.07) is 16.8. The maximum atomic E-state index is 12.9. The Balaban J connectivity index is 1.55. The second-order valence-corrected chi connectivity index (χ2v) is 10.1. The quantitative estimate of drug-likeness (QED) is 0.242. The molecule has 0 unspecified atom stereocenters. The van der Waals surface area contributed by atoms with Crippen molar-refractivity contribution in [2.75, 3.05) is 26.0 Å². The third kappa shape index (κ3) is 6.18. The molecule has 0 spiro atoms. The minimum absolute atomic E-state index is 0.213. The van der Waals surface area contributed by atoms with Gasteiger partial charge in [0.2, 0.25) is 5.91 Å². The molecule has 0 saturated heterocycles. The fourth-order valence-electron chi connectivity index (χ4n) is 4.60. The van der Waals surface area contributed by atoms with Crippen molar-refractivity contribution >= 4 is 23.0 Å². The summed E-state index contributed by atoms with van der Waals surface area (Å²) in [4.78, 5) is 40.0. The highest BCUT2D eigenvalue weighted by atomic mass is 16.5. The lowest BCUT2D eigenvalue weighted by Crippen LogP contribution is -2.12. The zero-order valence-electron chi connectivity index (χ0n) is 23.8. The number of hydrogen-bond acceptors (Lipinski definition) is 7. The largest absolute Gasteiger partial charge is 0.424 e. The van der Waals surface area contributed by atoms with Crippen molar-refractivity contribution in [1.29, 1.82) is 0 Å². The number of likely N-dealkylation sites (N-methyl/N-ethyl adjacent to an activating group) is 1. The molecule has 212 valence electrons. The molecular weight excluding hydrogens is 530 g/mol. The molecule has 0 fully saturated rings. The molecule has 10 heteroatoms. The number of rotatable bonds is 9. The van der Waals surface area contributed by atoms with Gasteiger partial charge in [0.15, 0.2) is 0 Å². The summed E-state index contributed by atoms with van der Waals surface area (Å²) < 4.78 is 7.76. The van der Waals surface area contributed by atoms with Crippen LogP contribution in [0.25, 0.3) is 27.9 Å². The third-order valence-corrected chi connectivity index (χ3v) is 6.49. The molecule has 42 heavy (non-hydrogen) atoms. The van der Waals surface area contributed by atoms with Crippen LogP contribution in [0, 0.1) is 13.8 Å². The van der Waals surface area contributed by atoms with E-state index in [1.54, 1.807) is 36.7 Å². The smallest absolute Gasteiger partial charge is 0.322 e. The monoisotopic (exact) mass is 561 g/mol. The van der Waals surface area contributed by atoms with E-state index in [0.29, 0.717) is 34.6 Å². The summed E-state index contributed by atoms with van der Waals surface area (Å²) >= 11 is 0. The summed E-state index contributed by atoms with van der Waals surface area (Å²) in [6.45, 7) is 4.41. The minimum Gasteiger partial charge on any atom is -0.424 e. The Morgan fingerprint density at radius 1 is 0.976 bits per heavy atom. The lowest BCUT2D eigenvalue weighted by molar-refractivity contribution is -0.111. The van der Waals surface area contributed by atoms with Gasteiger partial charge in [-0.3, -0.25) is 14.6 Å². The Morgan fingerprint density at radius 2 is 1.69 bits per heavy atom. The molecule has 2 amide bonds. The fraction of sp³-hybridized carbons (Fsp3) is 0.156. The maximum absolute atomic E-state index is 12.9. The molecule has 0 aliphatic carbocycles. The lowest BCUT2D eigenvalue weighted by Gasteiger charge is -2.11. The van der Waals surface area contributed by atoms with Gasteiger partial charge in [-0.1, -0.05) is 30.3 Å². The average Bonchev–Trinajstić information content (AvgIpc) is 3.28. The average molecular weight is 562 g/mol. The summed E-state index contributed by atoms with van der Waals surface area (Å²) in [6.07, 6.45) is 8.48. The highest BCUT2D eigenvalue weighted by molar-refractivity contribution is 6.10. The van der Waals surface area contributed by atoms with Crippen LogP contribution in [0.2, 0.25) is 0 Å². The summed E-state index contributed by atoms with van der Waals surface area (Å²) in [7, 11) is 3.87. The van der Waals surface area contributed by atoms with Crippen LogP contribution in [0.5, 0.6) is 11.8 Å². The van der Waals surface area contributed by atoms with E-state index in [-0.39, 0.29) is 11.9 Å². The number of aryl methyl sites for hydroxylation is 2. The minimum atomic E-state index is -0.568. The van der Waals surface area contributed by atoms with Crippen LogP contribution >= 0.6 is 0 Å². The Bertz CT molecular complexity index is 1790. The van der Waals surface area contributed by atoms with Crippen molar-refractivity contribution in [1.82, 2.24) is 24.3 Å². The molecule has 2 aromatic carbocycles. The van der Waals surface area contributed by atoms with Gasteiger partial charge in [-0.25, -0.2) is 9.97 Å². The zero-order valence-corrected chi connectivity index (χ0v) is 23.8. The van der Waals surface area contributed by atoms with E-state index < -0.39 is 5.91 Å². The predicted molar refractivity (Wildman–Crippen MR) is 162 cm³/mol. The predicted octanol–water partition coefficient (Wildman–Crippen LogP) is 5.02. The number of benzene rings is 2. The number of anilines is 1. The molecule has 5 aromatic rings. The molecule has 0 aliphatic rings. The highest BCUT2D eigenvalue weighted by Gasteiger charge is 2.25. The number of hydrogen-bond donors (Lipinski definition) is 2. The van der Waals surface area contributed by atoms with Crippen molar-refractivity contribution in [2.24, 2.45) is 5.73 Å². The van der Waals surface area contributed by atoms with Crippen LogP contribution < -0.4 is 15.8 Å². The van der Waals surface area contributed by atoms with E-state index in [2.05, 4.69) is 20.3 Å². The van der Waals surface area contributed by atoms with Gasteiger partial charge in [-0.15, -0.1) is 0 Å². The summed E-state index contributed by atoms with van der Waals surface area (Å²) in [5, 5.41) is 2.88. The van der Waals surface area contributed by atoms with Crippen LogP contribution in [0.4, 0.5) is 5.69 Å². The van der Waals surface area contributed by atoms with Crippen molar-refractivity contribution in [2.45, 2.75) is 13.8 Å². The SMILES string of the molecule is Cc1cn2c(-c3ccc(NC(=O)/C=C/CN(C)C)cc3)c(-c3ccc(Oc4nccc(C)n4)cc3)c(C(N)=O)c2cn1. The molecule has 5 rings (SSSR count). The molecule has 0 aliphatic heterocycles. The number of amides is 2. The van der Waals surface area contributed by atoms with E-state index in [0.717, 1.165) is 28.2 Å². The van der Waals surface area contributed by atoms with E-state index >= 15 is 0 Å². The molecule has 0 radical (unpaired) electrons. The van der Waals surface area contributed by atoms with Gasteiger partial charge in [0.25, 0.3) is 5.91 Å². The van der Waals surface area contributed by atoms with E-state index in [9.17, 15) is 9.59 Å². The number of carbonyl (C=O) groups is 2. The van der Waals surface area contributed by atoms with Gasteiger partial charge < -0.3 is 25.1 Å². The van der Waals surface area contributed by atoms with Crippen molar-refractivity contribution in [3.63, 3.8) is 0 Å². The molecule has 10 nitrogen and oxygen atoms in total. The van der Waals surface area contributed by atoms with Crippen molar-refractivity contribution < 1.29 is 14.3 Å². The van der Waals surface area contributed by atoms with Gasteiger partial charge in [-0.2, -0.15) is 0 Å². The van der Waals surface area contributed by atoms with Crippen molar-refractivity contribution in [3.8, 4) is 34.1 Å². The molecule has 3 N–H and O–H groups in total. The number of nitrogens with two attached hydrogens (primary N) is 1. The molecule has 3 aromatic heterocycles. The van der Waals surface area contributed by atoms with Gasteiger partial charge in [-0.05, 0) is 69.4 Å². The molecule has 0 saturated carbocycles. The standard InChI is InChI=1S/C32H31N7O3/c1-20-15-16-34-32(36-20)42-25-13-9-22(10-14-25)28-29(31(33)41)26-18-35-21(2)19-39(26)30(28)23-7-11-24(12-8-23)37-27(40)6-5-17-38(3)4/h5-16,18-19H,17H2,1-4H3,(H2,33,41)(H,37,40)/b6-5+. The summed E-state index contributed by atoms with van der Waals surface area (Å²) in [5.74, 6) is -0.233. The van der Waals surface area contributed by atoms with Crippen LogP contribution in [0.3, 0.4) is 0 Å². The number of primary amides is 1. The first-order valence-electron chi connectivity index (χ1n) is 13.3. The molecule has 0 bridgehead atoms. The number of nitrogens with zero attached hydrogens (tertiary/aromatic N) is 5. The first-order chi connectivity index (χ1) is 20.2. The molecule has 3 heterocycles. The van der Waals surface area contributed by atoms with Crippen LogP contribution in [0.1, 0.15) is 21.7 Å². The molecule has 0 atom stereocenters. The topological polar surface area (TPSA) is 128 Å². The van der Waals surface area contributed by atoms with Gasteiger partial charge >= 0.3 is 6.01 Å². The van der Waals surface area contributed by atoms with Crippen LogP contribution in [-0.4, -0.2) is 56.7 Å². The Morgan fingerprint density at radius 3 is 2.36 bits per heavy atom.